The van der Waals surface area contributed by atoms with E-state index in [1.165, 1.54) is 4.88 Å². The summed E-state index contributed by atoms with van der Waals surface area (Å²) in [5.41, 5.74) is 2.23. The van der Waals surface area contributed by atoms with Gasteiger partial charge in [-0.15, -0.1) is 11.3 Å². The van der Waals surface area contributed by atoms with Gasteiger partial charge in [0.2, 0.25) is 0 Å². The lowest BCUT2D eigenvalue weighted by Gasteiger charge is -2.11. The van der Waals surface area contributed by atoms with E-state index >= 15 is 0 Å². The molecule has 0 aliphatic carbocycles. The monoisotopic (exact) mass is 378 g/mol. The van der Waals surface area contributed by atoms with E-state index in [2.05, 4.69) is 50.1 Å². The summed E-state index contributed by atoms with van der Waals surface area (Å²) in [5.74, 6) is 0. The van der Waals surface area contributed by atoms with E-state index in [9.17, 15) is 0 Å². The van der Waals surface area contributed by atoms with E-state index in [0.29, 0.717) is 0 Å². The lowest BCUT2D eigenvalue weighted by Crippen LogP contribution is -1.92. The van der Waals surface area contributed by atoms with Gasteiger partial charge in [-0.3, -0.25) is 0 Å². The zero-order chi connectivity index (χ0) is 11.7. The molecule has 0 spiro atoms. The van der Waals surface area contributed by atoms with Crippen molar-refractivity contribution in [2.45, 2.75) is 11.8 Å². The van der Waals surface area contributed by atoms with Crippen LogP contribution in [-0.4, -0.2) is 0 Å². The highest BCUT2D eigenvalue weighted by atomic mass is 79.9. The van der Waals surface area contributed by atoms with Crippen LogP contribution in [0.5, 0.6) is 0 Å². The van der Waals surface area contributed by atoms with Crippen molar-refractivity contribution < 1.29 is 0 Å². The molecule has 1 aromatic heterocycles. The van der Waals surface area contributed by atoms with Gasteiger partial charge in [0.25, 0.3) is 0 Å². The largest absolute Gasteiger partial charge is 0.132 e. The molecule has 0 amide bonds. The SMILES string of the molecule is Cc1cccc(C(Br)c2ccc(Br)s2)c1Cl. The van der Waals surface area contributed by atoms with Crippen LogP contribution in [-0.2, 0) is 0 Å². The molecule has 0 N–H and O–H groups in total. The Morgan fingerprint density at radius 3 is 2.62 bits per heavy atom. The summed E-state index contributed by atoms with van der Waals surface area (Å²) in [7, 11) is 0. The summed E-state index contributed by atoms with van der Waals surface area (Å²) in [5, 5.41) is 0.842. The highest BCUT2D eigenvalue weighted by Crippen LogP contribution is 2.40. The molecule has 0 saturated heterocycles. The third-order valence-corrected chi connectivity index (χ3v) is 5.83. The summed E-state index contributed by atoms with van der Waals surface area (Å²) < 4.78 is 1.13. The molecule has 0 bridgehead atoms. The maximum absolute atomic E-state index is 6.31. The molecule has 4 heteroatoms. The quantitative estimate of drug-likeness (QED) is 0.564. The molecule has 2 aromatic rings. The first-order chi connectivity index (χ1) is 7.59. The van der Waals surface area contributed by atoms with E-state index in [1.807, 2.05) is 19.1 Å². The van der Waals surface area contributed by atoms with Gasteiger partial charge in [-0.2, -0.15) is 0 Å². The molecule has 1 atom stereocenters. The Kier molecular flexibility index (Phi) is 4.11. The van der Waals surface area contributed by atoms with Gasteiger partial charge in [0.1, 0.15) is 0 Å². The van der Waals surface area contributed by atoms with E-state index in [-0.39, 0.29) is 4.83 Å². The molecule has 16 heavy (non-hydrogen) atoms. The molecular formula is C12H9Br2ClS. The average Bonchev–Trinajstić information content (AvgIpc) is 2.68. The van der Waals surface area contributed by atoms with Crippen molar-refractivity contribution in [1.82, 2.24) is 0 Å². The minimum atomic E-state index is 0.163. The summed E-state index contributed by atoms with van der Waals surface area (Å²) >= 11 is 15.2. The second-order valence-corrected chi connectivity index (χ2v) is 7.27. The Hall–Kier alpha value is 0.170. The molecular weight excluding hydrogens is 371 g/mol. The first-order valence-electron chi connectivity index (χ1n) is 4.74. The van der Waals surface area contributed by atoms with Gasteiger partial charge >= 0.3 is 0 Å². The van der Waals surface area contributed by atoms with Crippen LogP contribution in [0.15, 0.2) is 34.1 Å². The molecule has 84 valence electrons. The number of benzene rings is 1. The Bertz CT molecular complexity index is 507. The molecule has 1 unspecified atom stereocenters. The number of aryl methyl sites for hydroxylation is 1. The summed E-state index contributed by atoms with van der Waals surface area (Å²) in [6.45, 7) is 2.02. The fourth-order valence-corrected chi connectivity index (χ4v) is 4.09. The Morgan fingerprint density at radius 1 is 1.25 bits per heavy atom. The van der Waals surface area contributed by atoms with Crippen molar-refractivity contribution in [3.8, 4) is 0 Å². The molecule has 0 aliphatic heterocycles. The van der Waals surface area contributed by atoms with Crippen LogP contribution in [0.3, 0.4) is 0 Å². The van der Waals surface area contributed by atoms with Crippen molar-refractivity contribution >= 4 is 54.8 Å². The highest BCUT2D eigenvalue weighted by Gasteiger charge is 2.16. The van der Waals surface area contributed by atoms with Gasteiger partial charge in [-0.1, -0.05) is 45.7 Å². The molecule has 2 rings (SSSR count). The summed E-state index contributed by atoms with van der Waals surface area (Å²) in [6.07, 6.45) is 0. The van der Waals surface area contributed by atoms with Crippen LogP contribution in [0.25, 0.3) is 0 Å². The predicted molar refractivity (Wildman–Crippen MR) is 79.0 cm³/mol. The Balaban J connectivity index is 2.41. The topological polar surface area (TPSA) is 0 Å². The molecule has 0 radical (unpaired) electrons. The number of halogens is 3. The minimum Gasteiger partial charge on any atom is -0.132 e. The van der Waals surface area contributed by atoms with Gasteiger partial charge < -0.3 is 0 Å². The summed E-state index contributed by atoms with van der Waals surface area (Å²) in [4.78, 5) is 1.41. The fourth-order valence-electron chi connectivity index (χ4n) is 1.48. The molecule has 1 heterocycles. The lowest BCUT2D eigenvalue weighted by atomic mass is 10.1. The van der Waals surface area contributed by atoms with E-state index in [4.69, 9.17) is 11.6 Å². The van der Waals surface area contributed by atoms with Crippen LogP contribution in [0.1, 0.15) is 20.8 Å². The number of hydrogen-bond donors (Lipinski definition) is 0. The molecule has 1 aromatic carbocycles. The predicted octanol–water partition coefficient (Wildman–Crippen LogP) is 5.96. The van der Waals surface area contributed by atoms with Gasteiger partial charge in [-0.05, 0) is 46.1 Å². The first kappa shape index (κ1) is 12.6. The van der Waals surface area contributed by atoms with Crippen LogP contribution in [0, 0.1) is 6.92 Å². The Morgan fingerprint density at radius 2 is 2.00 bits per heavy atom. The fraction of sp³-hybridized carbons (Fsp3) is 0.167. The van der Waals surface area contributed by atoms with Crippen molar-refractivity contribution in [1.29, 1.82) is 0 Å². The van der Waals surface area contributed by atoms with E-state index in [0.717, 1.165) is 19.9 Å². The first-order valence-corrected chi connectivity index (χ1v) is 7.64. The zero-order valence-electron chi connectivity index (χ0n) is 8.51. The van der Waals surface area contributed by atoms with Crippen molar-refractivity contribution in [2.75, 3.05) is 0 Å². The van der Waals surface area contributed by atoms with Gasteiger partial charge in [0.05, 0.1) is 8.61 Å². The van der Waals surface area contributed by atoms with Crippen molar-refractivity contribution in [3.05, 3.63) is 55.1 Å². The third-order valence-electron chi connectivity index (χ3n) is 2.34. The molecule has 0 nitrogen and oxygen atoms in total. The van der Waals surface area contributed by atoms with Crippen LogP contribution >= 0.6 is 54.8 Å². The molecule has 0 aliphatic rings. The normalized spacial score (nSPS) is 12.8. The van der Waals surface area contributed by atoms with Gasteiger partial charge in [0, 0.05) is 9.90 Å². The second-order valence-electron chi connectivity index (χ2n) is 3.48. The number of alkyl halides is 1. The number of hydrogen-bond acceptors (Lipinski definition) is 1. The maximum Gasteiger partial charge on any atom is 0.0752 e. The van der Waals surface area contributed by atoms with E-state index < -0.39 is 0 Å². The maximum atomic E-state index is 6.31. The van der Waals surface area contributed by atoms with Gasteiger partial charge in [0.15, 0.2) is 0 Å². The standard InChI is InChI=1S/C12H9Br2ClS/c1-7-3-2-4-8(12(7)15)11(14)9-5-6-10(13)16-9/h2-6,11H,1H3. The van der Waals surface area contributed by atoms with Gasteiger partial charge in [-0.25, -0.2) is 0 Å². The number of rotatable bonds is 2. The summed E-state index contributed by atoms with van der Waals surface area (Å²) in [6, 6.07) is 10.3. The third kappa shape index (κ3) is 2.53. The average molecular weight is 381 g/mol. The van der Waals surface area contributed by atoms with E-state index in [1.54, 1.807) is 11.3 Å². The van der Waals surface area contributed by atoms with Crippen LogP contribution < -0.4 is 0 Å². The second kappa shape index (κ2) is 5.21. The zero-order valence-corrected chi connectivity index (χ0v) is 13.3. The van der Waals surface area contributed by atoms with Crippen LogP contribution in [0.2, 0.25) is 5.02 Å². The van der Waals surface area contributed by atoms with Crippen LogP contribution in [0.4, 0.5) is 0 Å². The highest BCUT2D eigenvalue weighted by molar-refractivity contribution is 9.11. The smallest absolute Gasteiger partial charge is 0.0752 e. The number of thiophene rings is 1. The van der Waals surface area contributed by atoms with Crippen molar-refractivity contribution in [3.63, 3.8) is 0 Å². The lowest BCUT2D eigenvalue weighted by molar-refractivity contribution is 1.21. The minimum absolute atomic E-state index is 0.163. The molecule has 0 saturated carbocycles. The Labute approximate surface area is 121 Å². The van der Waals surface area contributed by atoms with Crippen molar-refractivity contribution in [2.24, 2.45) is 0 Å². The molecule has 0 fully saturated rings.